The first-order valence-corrected chi connectivity index (χ1v) is 7.32. The SMILES string of the molecule is c1cc2occc2c(NCC2CN3CCCC3CO2)n1. The van der Waals surface area contributed by atoms with E-state index in [1.807, 2.05) is 12.1 Å². The van der Waals surface area contributed by atoms with Crippen LogP contribution in [0.15, 0.2) is 29.0 Å². The van der Waals surface area contributed by atoms with Crippen LogP contribution in [0, 0.1) is 0 Å². The molecular weight excluding hydrogens is 254 g/mol. The third kappa shape index (κ3) is 2.17. The zero-order valence-corrected chi connectivity index (χ0v) is 11.4. The minimum atomic E-state index is 0.244. The van der Waals surface area contributed by atoms with Crippen LogP contribution < -0.4 is 5.32 Å². The van der Waals surface area contributed by atoms with Gasteiger partial charge in [0.2, 0.25) is 0 Å². The lowest BCUT2D eigenvalue weighted by atomic mass is 10.2. The summed E-state index contributed by atoms with van der Waals surface area (Å²) in [5.74, 6) is 0.878. The summed E-state index contributed by atoms with van der Waals surface area (Å²) in [7, 11) is 0. The van der Waals surface area contributed by atoms with E-state index in [0.29, 0.717) is 6.04 Å². The molecule has 0 saturated carbocycles. The number of anilines is 1. The predicted molar refractivity (Wildman–Crippen MR) is 76.8 cm³/mol. The number of hydrogen-bond donors (Lipinski definition) is 1. The van der Waals surface area contributed by atoms with Crippen molar-refractivity contribution in [3.8, 4) is 0 Å². The Morgan fingerprint density at radius 2 is 2.40 bits per heavy atom. The molecule has 0 bridgehead atoms. The van der Waals surface area contributed by atoms with Crippen LogP contribution >= 0.6 is 0 Å². The Kier molecular flexibility index (Phi) is 3.09. The van der Waals surface area contributed by atoms with Crippen molar-refractivity contribution in [1.29, 1.82) is 0 Å². The summed E-state index contributed by atoms with van der Waals surface area (Å²) in [6.07, 6.45) is 6.31. The van der Waals surface area contributed by atoms with Gasteiger partial charge >= 0.3 is 0 Å². The summed E-state index contributed by atoms with van der Waals surface area (Å²) in [4.78, 5) is 6.95. The quantitative estimate of drug-likeness (QED) is 0.928. The van der Waals surface area contributed by atoms with Gasteiger partial charge in [0.05, 0.1) is 24.4 Å². The first kappa shape index (κ1) is 12.2. The van der Waals surface area contributed by atoms with Crippen LogP contribution in [0.1, 0.15) is 12.8 Å². The number of ether oxygens (including phenoxy) is 1. The van der Waals surface area contributed by atoms with Gasteiger partial charge in [0.25, 0.3) is 0 Å². The maximum absolute atomic E-state index is 5.95. The Labute approximate surface area is 117 Å². The van der Waals surface area contributed by atoms with Crippen molar-refractivity contribution >= 4 is 16.8 Å². The van der Waals surface area contributed by atoms with Gasteiger partial charge in [-0.2, -0.15) is 0 Å². The molecule has 5 nitrogen and oxygen atoms in total. The van der Waals surface area contributed by atoms with E-state index in [0.717, 1.165) is 36.5 Å². The van der Waals surface area contributed by atoms with Gasteiger partial charge in [-0.3, -0.25) is 4.90 Å². The van der Waals surface area contributed by atoms with E-state index in [2.05, 4.69) is 15.2 Å². The Hall–Kier alpha value is -1.59. The fourth-order valence-electron chi connectivity index (χ4n) is 3.26. The molecule has 0 aromatic carbocycles. The summed E-state index contributed by atoms with van der Waals surface area (Å²) >= 11 is 0. The number of morpholine rings is 1. The van der Waals surface area contributed by atoms with Gasteiger partial charge in [-0.25, -0.2) is 4.98 Å². The van der Waals surface area contributed by atoms with E-state index in [4.69, 9.17) is 9.15 Å². The Morgan fingerprint density at radius 1 is 1.40 bits per heavy atom. The molecule has 4 heterocycles. The van der Waals surface area contributed by atoms with E-state index in [-0.39, 0.29) is 6.10 Å². The maximum Gasteiger partial charge on any atom is 0.139 e. The lowest BCUT2D eigenvalue weighted by Gasteiger charge is -2.35. The van der Waals surface area contributed by atoms with Crippen molar-refractivity contribution in [2.75, 3.05) is 31.6 Å². The molecule has 20 heavy (non-hydrogen) atoms. The normalized spacial score (nSPS) is 26.8. The molecule has 2 aliphatic heterocycles. The van der Waals surface area contributed by atoms with Gasteiger partial charge in [-0.1, -0.05) is 0 Å². The van der Waals surface area contributed by atoms with Gasteiger partial charge in [0.1, 0.15) is 11.4 Å². The number of pyridine rings is 1. The van der Waals surface area contributed by atoms with E-state index in [1.54, 1.807) is 12.5 Å². The topological polar surface area (TPSA) is 50.5 Å². The van der Waals surface area contributed by atoms with Crippen LogP contribution in [0.4, 0.5) is 5.82 Å². The molecule has 2 unspecified atom stereocenters. The second-order valence-electron chi connectivity index (χ2n) is 5.62. The summed E-state index contributed by atoms with van der Waals surface area (Å²) in [5, 5.41) is 4.43. The molecule has 2 aromatic rings. The zero-order chi connectivity index (χ0) is 13.4. The predicted octanol–water partition coefficient (Wildman–Crippen LogP) is 2.10. The molecule has 5 heteroatoms. The molecule has 2 aromatic heterocycles. The number of hydrogen-bond acceptors (Lipinski definition) is 5. The van der Waals surface area contributed by atoms with Gasteiger partial charge in [-0.15, -0.1) is 0 Å². The zero-order valence-electron chi connectivity index (χ0n) is 11.4. The summed E-state index contributed by atoms with van der Waals surface area (Å²) in [6, 6.07) is 4.48. The number of nitrogens with zero attached hydrogens (tertiary/aromatic N) is 2. The first-order chi connectivity index (χ1) is 9.90. The molecule has 2 atom stereocenters. The molecule has 2 fully saturated rings. The number of fused-ring (bicyclic) bond motifs is 2. The van der Waals surface area contributed by atoms with E-state index in [9.17, 15) is 0 Å². The van der Waals surface area contributed by atoms with Crippen molar-refractivity contribution in [3.05, 3.63) is 24.6 Å². The molecule has 106 valence electrons. The molecule has 0 amide bonds. The van der Waals surface area contributed by atoms with Crippen LogP contribution in [0.25, 0.3) is 11.0 Å². The second-order valence-corrected chi connectivity index (χ2v) is 5.62. The average Bonchev–Trinajstić information content (AvgIpc) is 3.13. The van der Waals surface area contributed by atoms with Crippen molar-refractivity contribution < 1.29 is 9.15 Å². The Balaban J connectivity index is 1.42. The highest BCUT2D eigenvalue weighted by Gasteiger charge is 2.32. The van der Waals surface area contributed by atoms with Gasteiger partial charge in [-0.05, 0) is 31.5 Å². The number of furan rings is 1. The first-order valence-electron chi connectivity index (χ1n) is 7.32. The Bertz CT molecular complexity index is 598. The number of rotatable bonds is 3. The summed E-state index contributed by atoms with van der Waals surface area (Å²) < 4.78 is 11.3. The van der Waals surface area contributed by atoms with Gasteiger partial charge in [0, 0.05) is 25.3 Å². The van der Waals surface area contributed by atoms with Crippen molar-refractivity contribution in [1.82, 2.24) is 9.88 Å². The van der Waals surface area contributed by atoms with Gasteiger partial charge in [0.15, 0.2) is 0 Å². The second kappa shape index (κ2) is 5.07. The van der Waals surface area contributed by atoms with Crippen LogP contribution in [0.3, 0.4) is 0 Å². The van der Waals surface area contributed by atoms with E-state index < -0.39 is 0 Å². The Morgan fingerprint density at radius 3 is 3.40 bits per heavy atom. The summed E-state index contributed by atoms with van der Waals surface area (Å²) in [5.41, 5.74) is 0.867. The lowest BCUT2D eigenvalue weighted by molar-refractivity contribution is -0.0415. The van der Waals surface area contributed by atoms with Crippen LogP contribution in [0.5, 0.6) is 0 Å². The minimum absolute atomic E-state index is 0.244. The van der Waals surface area contributed by atoms with Crippen LogP contribution in [-0.2, 0) is 4.74 Å². The monoisotopic (exact) mass is 273 g/mol. The largest absolute Gasteiger partial charge is 0.464 e. The smallest absolute Gasteiger partial charge is 0.139 e. The molecule has 2 aliphatic rings. The highest BCUT2D eigenvalue weighted by molar-refractivity contribution is 5.87. The third-order valence-corrected chi connectivity index (χ3v) is 4.34. The fraction of sp³-hybridized carbons (Fsp3) is 0.533. The third-order valence-electron chi connectivity index (χ3n) is 4.34. The maximum atomic E-state index is 5.95. The minimum Gasteiger partial charge on any atom is -0.464 e. The standard InChI is InChI=1S/C15H19N3O2/c1-2-11-10-20-12(9-18(11)6-1)8-17-15-13-4-7-19-14(13)3-5-16-15/h3-5,7,11-12H,1-2,6,8-10H2,(H,16,17). The number of nitrogens with one attached hydrogen (secondary N) is 1. The highest BCUT2D eigenvalue weighted by Crippen LogP contribution is 2.24. The van der Waals surface area contributed by atoms with Crippen LogP contribution in [0.2, 0.25) is 0 Å². The molecule has 0 spiro atoms. The molecule has 1 N–H and O–H groups in total. The van der Waals surface area contributed by atoms with Crippen LogP contribution in [-0.4, -0.2) is 48.3 Å². The average molecular weight is 273 g/mol. The lowest BCUT2D eigenvalue weighted by Crippen LogP contribution is -2.48. The van der Waals surface area contributed by atoms with Gasteiger partial charge < -0.3 is 14.5 Å². The van der Waals surface area contributed by atoms with Crippen molar-refractivity contribution in [2.45, 2.75) is 25.0 Å². The van der Waals surface area contributed by atoms with E-state index in [1.165, 1.54) is 19.4 Å². The molecule has 4 rings (SSSR count). The van der Waals surface area contributed by atoms with E-state index >= 15 is 0 Å². The molecule has 0 aliphatic carbocycles. The highest BCUT2D eigenvalue weighted by atomic mass is 16.5. The molecule has 2 saturated heterocycles. The molecule has 0 radical (unpaired) electrons. The van der Waals surface area contributed by atoms with Crippen molar-refractivity contribution in [2.24, 2.45) is 0 Å². The van der Waals surface area contributed by atoms with Crippen molar-refractivity contribution in [3.63, 3.8) is 0 Å². The fourth-order valence-corrected chi connectivity index (χ4v) is 3.26. The molecular formula is C15H19N3O2. The number of aromatic nitrogens is 1. The summed E-state index contributed by atoms with van der Waals surface area (Å²) in [6.45, 7) is 3.91.